The predicted molar refractivity (Wildman–Crippen MR) is 200 cm³/mol. The largest absolute Gasteiger partial charge is 0.444 e. The molecule has 2 fully saturated rings. The van der Waals surface area contributed by atoms with Crippen molar-refractivity contribution in [3.63, 3.8) is 0 Å². The zero-order valence-electron chi connectivity index (χ0n) is 32.0. The maximum absolute atomic E-state index is 13.0. The molecular weight excluding hydrogens is 638 g/mol. The van der Waals surface area contributed by atoms with E-state index in [0.29, 0.717) is 36.2 Å². The summed E-state index contributed by atoms with van der Waals surface area (Å²) in [5, 5.41) is 3.27. The van der Waals surface area contributed by atoms with Crippen molar-refractivity contribution in [3.8, 4) is 11.5 Å². The van der Waals surface area contributed by atoms with E-state index in [4.69, 9.17) is 14.2 Å². The Labute approximate surface area is 306 Å². The topological polar surface area (TPSA) is 90.9 Å². The normalized spacial score (nSPS) is 28.7. The highest BCUT2D eigenvalue weighted by molar-refractivity contribution is 5.74. The van der Waals surface area contributed by atoms with Crippen LogP contribution < -0.4 is 14.8 Å². The Kier molecular flexibility index (Phi) is 11.2. The summed E-state index contributed by atoms with van der Waals surface area (Å²) in [7, 11) is 0. The maximum atomic E-state index is 13.0. The van der Waals surface area contributed by atoms with Gasteiger partial charge in [0.15, 0.2) is 0 Å². The van der Waals surface area contributed by atoms with Gasteiger partial charge in [-0.1, -0.05) is 71.4 Å². The van der Waals surface area contributed by atoms with Crippen molar-refractivity contribution in [2.24, 2.45) is 17.8 Å². The third-order valence-corrected chi connectivity index (χ3v) is 12.9. The molecular formula is C44H61NO6. The molecule has 0 saturated heterocycles. The average molecular weight is 700 g/mol. The first-order chi connectivity index (χ1) is 24.2. The van der Waals surface area contributed by atoms with E-state index in [1.165, 1.54) is 55.2 Å². The van der Waals surface area contributed by atoms with E-state index in [9.17, 15) is 14.4 Å². The Morgan fingerprint density at radius 2 is 1.24 bits per heavy atom. The van der Waals surface area contributed by atoms with Gasteiger partial charge >= 0.3 is 18.0 Å². The van der Waals surface area contributed by atoms with Crippen molar-refractivity contribution in [2.45, 2.75) is 167 Å². The van der Waals surface area contributed by atoms with Gasteiger partial charge in [-0.15, -0.1) is 0 Å². The lowest BCUT2D eigenvalue weighted by Crippen LogP contribution is -2.57. The Balaban J connectivity index is 1.03. The number of nitrogens with one attached hydrogen (secondary N) is 1. The molecule has 0 aromatic heterocycles. The van der Waals surface area contributed by atoms with Crippen molar-refractivity contribution >= 4 is 18.0 Å². The van der Waals surface area contributed by atoms with Gasteiger partial charge in [0.1, 0.15) is 17.1 Å². The molecule has 2 saturated carbocycles. The van der Waals surface area contributed by atoms with E-state index in [-0.39, 0.29) is 47.7 Å². The van der Waals surface area contributed by atoms with Crippen LogP contribution in [0.1, 0.15) is 154 Å². The summed E-state index contributed by atoms with van der Waals surface area (Å²) in [5.41, 5.74) is 4.44. The van der Waals surface area contributed by atoms with Crippen LogP contribution in [0.2, 0.25) is 0 Å². The van der Waals surface area contributed by atoms with Crippen LogP contribution in [0.15, 0.2) is 36.4 Å². The molecule has 278 valence electrons. The van der Waals surface area contributed by atoms with Crippen LogP contribution in [0.25, 0.3) is 0 Å². The molecule has 2 aromatic carbocycles. The minimum absolute atomic E-state index is 0.0624. The Morgan fingerprint density at radius 3 is 1.80 bits per heavy atom. The lowest BCUT2D eigenvalue weighted by Gasteiger charge is -2.49. The van der Waals surface area contributed by atoms with Crippen LogP contribution in [-0.2, 0) is 38.0 Å². The Morgan fingerprint density at radius 1 is 0.725 bits per heavy atom. The van der Waals surface area contributed by atoms with Crippen molar-refractivity contribution in [2.75, 3.05) is 0 Å². The quantitative estimate of drug-likeness (QED) is 0.168. The number of ether oxygens (including phenoxy) is 3. The molecule has 0 heterocycles. The Hall–Kier alpha value is -3.35. The fourth-order valence-electron chi connectivity index (χ4n) is 10.0. The van der Waals surface area contributed by atoms with Crippen LogP contribution in [-0.4, -0.2) is 29.7 Å². The lowest BCUT2D eigenvalue weighted by molar-refractivity contribution is -0.136. The number of benzene rings is 2. The first-order valence-electron chi connectivity index (χ1n) is 19.9. The molecule has 4 aliphatic rings. The second kappa shape index (κ2) is 15.3. The molecule has 0 unspecified atom stereocenters. The monoisotopic (exact) mass is 699 g/mol. The van der Waals surface area contributed by atoms with Gasteiger partial charge in [-0.2, -0.15) is 0 Å². The third-order valence-electron chi connectivity index (χ3n) is 12.9. The van der Waals surface area contributed by atoms with E-state index in [2.05, 4.69) is 44.3 Å². The highest BCUT2D eigenvalue weighted by atomic mass is 16.6. The van der Waals surface area contributed by atoms with Crippen molar-refractivity contribution in [1.29, 1.82) is 0 Å². The number of carbonyl (C=O) groups excluding carboxylic acids is 3. The van der Waals surface area contributed by atoms with E-state index in [0.717, 1.165) is 50.0 Å². The molecule has 6 atom stereocenters. The number of esters is 2. The van der Waals surface area contributed by atoms with Gasteiger partial charge in [0.2, 0.25) is 0 Å². The van der Waals surface area contributed by atoms with Crippen LogP contribution >= 0.6 is 0 Å². The molecule has 1 amide bonds. The highest BCUT2D eigenvalue weighted by Crippen LogP contribution is 2.51. The van der Waals surface area contributed by atoms with Gasteiger partial charge in [-0.25, -0.2) is 4.79 Å². The van der Waals surface area contributed by atoms with Gasteiger partial charge in [-0.3, -0.25) is 9.59 Å². The summed E-state index contributed by atoms with van der Waals surface area (Å²) in [6.07, 6.45) is 15.0. The number of unbranched alkanes of at least 4 members (excludes halogenated alkanes) is 1. The molecule has 7 heteroatoms. The molecule has 6 rings (SSSR count). The summed E-state index contributed by atoms with van der Waals surface area (Å²) in [4.78, 5) is 38.8. The van der Waals surface area contributed by atoms with E-state index >= 15 is 0 Å². The molecule has 0 spiro atoms. The van der Waals surface area contributed by atoms with Gasteiger partial charge in [0.25, 0.3) is 0 Å². The van der Waals surface area contributed by atoms with Crippen molar-refractivity contribution < 1.29 is 28.6 Å². The lowest BCUT2D eigenvalue weighted by atomic mass is 9.57. The summed E-state index contributed by atoms with van der Waals surface area (Å²) < 4.78 is 17.4. The standard InChI is InChI=1S/C44H61NO6/c1-29-30-15-9-7-13-23-43(29,5)36-27-34(21-19-31(36)25-30)49-38(46)17-11-12-18-39(47)50-35-22-20-32-26-33-16-10-8-14-24-44(6,37(32)28-35)40(33)45-41(48)51-42(2,3)4/h19-22,27-30,33,40H,7-18,23-26H2,1-6H3,(H,45,48)/t29-,30-,33-,40-,43-,44+/m0/s1. The summed E-state index contributed by atoms with van der Waals surface area (Å²) in [6, 6.07) is 12.2. The zero-order chi connectivity index (χ0) is 36.4. The number of hydrogen-bond acceptors (Lipinski definition) is 6. The van der Waals surface area contributed by atoms with E-state index in [1.807, 2.05) is 39.0 Å². The van der Waals surface area contributed by atoms with E-state index in [1.54, 1.807) is 0 Å². The number of alkyl carbamates (subject to hydrolysis) is 1. The zero-order valence-corrected chi connectivity index (χ0v) is 32.0. The van der Waals surface area contributed by atoms with E-state index < -0.39 is 5.60 Å². The van der Waals surface area contributed by atoms with Crippen LogP contribution in [0, 0.1) is 17.8 Å². The Bertz CT molecular complexity index is 1590. The van der Waals surface area contributed by atoms with Crippen LogP contribution in [0.3, 0.4) is 0 Å². The molecule has 0 radical (unpaired) electrons. The molecule has 0 aliphatic heterocycles. The predicted octanol–water partition coefficient (Wildman–Crippen LogP) is 10.1. The van der Waals surface area contributed by atoms with Crippen molar-refractivity contribution in [3.05, 3.63) is 58.7 Å². The molecule has 2 aromatic rings. The molecule has 51 heavy (non-hydrogen) atoms. The number of hydrogen-bond donors (Lipinski definition) is 1. The fourth-order valence-corrected chi connectivity index (χ4v) is 10.0. The fraction of sp³-hybridized carbons (Fsp3) is 0.659. The summed E-state index contributed by atoms with van der Waals surface area (Å²) >= 11 is 0. The van der Waals surface area contributed by atoms with Crippen LogP contribution in [0.4, 0.5) is 4.79 Å². The first-order valence-corrected chi connectivity index (χ1v) is 19.9. The van der Waals surface area contributed by atoms with Gasteiger partial charge in [0.05, 0.1) is 0 Å². The number of fused-ring (bicyclic) bond motifs is 8. The second-order valence-corrected chi connectivity index (χ2v) is 17.7. The number of amides is 1. The van der Waals surface area contributed by atoms with Gasteiger partial charge < -0.3 is 19.5 Å². The molecule has 4 aliphatic carbocycles. The summed E-state index contributed by atoms with van der Waals surface area (Å²) in [5.74, 6) is 2.26. The van der Waals surface area contributed by atoms with Crippen LogP contribution in [0.5, 0.6) is 11.5 Å². The minimum Gasteiger partial charge on any atom is -0.444 e. The average Bonchev–Trinajstić information content (AvgIpc) is 3.06. The SMILES string of the molecule is C[C@H]1[C@H]2CCCCC[C@]1(C)c1cc(OC(=O)CCCCC(=O)Oc3ccc4c(c3)[C@@]3(C)CCCCC[C@@H](C4)[C@@H]3NC(=O)OC(C)(C)C)ccc1C2. The number of carbonyl (C=O) groups is 3. The summed E-state index contributed by atoms with van der Waals surface area (Å²) in [6.45, 7) is 12.7. The third kappa shape index (κ3) is 8.49. The minimum atomic E-state index is -0.571. The molecule has 7 nitrogen and oxygen atoms in total. The second-order valence-electron chi connectivity index (χ2n) is 17.7. The number of rotatable bonds is 8. The molecule has 1 N–H and O–H groups in total. The maximum Gasteiger partial charge on any atom is 0.407 e. The van der Waals surface area contributed by atoms with Crippen molar-refractivity contribution in [1.82, 2.24) is 5.32 Å². The molecule has 4 bridgehead atoms. The first kappa shape index (κ1) is 37.4. The highest BCUT2D eigenvalue weighted by Gasteiger charge is 2.47. The smallest absolute Gasteiger partial charge is 0.407 e. The van der Waals surface area contributed by atoms with Gasteiger partial charge in [0, 0.05) is 24.3 Å². The van der Waals surface area contributed by atoms with Gasteiger partial charge in [-0.05, 0) is 142 Å².